The van der Waals surface area contributed by atoms with Crippen LogP contribution in [0.5, 0.6) is 0 Å². The molecule has 0 saturated carbocycles. The molecule has 4 aromatic carbocycles. The van der Waals surface area contributed by atoms with Crippen LogP contribution in [0, 0.1) is 13.8 Å². The highest BCUT2D eigenvalue weighted by molar-refractivity contribution is 6.09. The molecular weight excluding hydrogens is 340 g/mol. The first-order valence-electron chi connectivity index (χ1n) is 9.50. The Labute approximate surface area is 166 Å². The van der Waals surface area contributed by atoms with E-state index in [4.69, 9.17) is 0 Å². The van der Waals surface area contributed by atoms with Gasteiger partial charge < -0.3 is 0 Å². The van der Waals surface area contributed by atoms with Gasteiger partial charge in [0.1, 0.15) is 0 Å². The molecule has 4 rings (SSSR count). The summed E-state index contributed by atoms with van der Waals surface area (Å²) in [6.07, 6.45) is 0. The summed E-state index contributed by atoms with van der Waals surface area (Å²) in [7, 11) is 0. The van der Waals surface area contributed by atoms with Gasteiger partial charge in [-0.2, -0.15) is 0 Å². The Hall–Kier alpha value is -3.45. The van der Waals surface area contributed by atoms with Crippen LogP contribution in [0.4, 0.5) is 0 Å². The predicted molar refractivity (Wildman–Crippen MR) is 117 cm³/mol. The van der Waals surface area contributed by atoms with E-state index in [-0.39, 0.29) is 5.78 Å². The standard InChI is InChI=1S/C27H22O/c1-19-8-10-22(11-9-19)26-17-16-25(18-20(26)2)21-12-14-24(15-13-21)27(28)23-6-4-3-5-7-23/h3-18H,1-2H3. The van der Waals surface area contributed by atoms with Gasteiger partial charge in [0.05, 0.1) is 0 Å². The van der Waals surface area contributed by atoms with Gasteiger partial charge in [-0.25, -0.2) is 0 Å². The van der Waals surface area contributed by atoms with Crippen molar-refractivity contribution in [2.24, 2.45) is 0 Å². The lowest BCUT2D eigenvalue weighted by Gasteiger charge is -2.10. The molecule has 0 fully saturated rings. The monoisotopic (exact) mass is 362 g/mol. The van der Waals surface area contributed by atoms with Crippen molar-refractivity contribution in [3.05, 3.63) is 119 Å². The van der Waals surface area contributed by atoms with E-state index in [1.54, 1.807) is 0 Å². The maximum Gasteiger partial charge on any atom is 0.193 e. The van der Waals surface area contributed by atoms with Gasteiger partial charge in [0.25, 0.3) is 0 Å². The highest BCUT2D eigenvalue weighted by atomic mass is 16.1. The molecule has 4 aromatic rings. The van der Waals surface area contributed by atoms with Crippen LogP contribution >= 0.6 is 0 Å². The first kappa shape index (κ1) is 17.9. The molecule has 0 unspecified atom stereocenters. The quantitative estimate of drug-likeness (QED) is 0.362. The Bertz CT molecular complexity index is 1110. The Kier molecular flexibility index (Phi) is 4.90. The average Bonchev–Trinajstić information content (AvgIpc) is 2.75. The summed E-state index contributed by atoms with van der Waals surface area (Å²) < 4.78 is 0. The van der Waals surface area contributed by atoms with Crippen LogP contribution in [0.2, 0.25) is 0 Å². The number of aryl methyl sites for hydroxylation is 2. The zero-order valence-electron chi connectivity index (χ0n) is 16.1. The average molecular weight is 362 g/mol. The molecule has 28 heavy (non-hydrogen) atoms. The first-order chi connectivity index (χ1) is 13.6. The summed E-state index contributed by atoms with van der Waals surface area (Å²) in [4.78, 5) is 12.6. The van der Waals surface area contributed by atoms with Gasteiger partial charge in [-0.3, -0.25) is 4.79 Å². The summed E-state index contributed by atoms with van der Waals surface area (Å²) in [6.45, 7) is 4.25. The van der Waals surface area contributed by atoms with E-state index in [2.05, 4.69) is 56.3 Å². The van der Waals surface area contributed by atoms with Gasteiger partial charge in [0, 0.05) is 11.1 Å². The van der Waals surface area contributed by atoms with Crippen molar-refractivity contribution in [3.8, 4) is 22.3 Å². The van der Waals surface area contributed by atoms with Crippen molar-refractivity contribution < 1.29 is 4.79 Å². The van der Waals surface area contributed by atoms with Crippen LogP contribution in [0.15, 0.2) is 97.1 Å². The van der Waals surface area contributed by atoms with Crippen molar-refractivity contribution in [1.29, 1.82) is 0 Å². The molecule has 0 spiro atoms. The molecule has 1 heteroatoms. The van der Waals surface area contributed by atoms with Gasteiger partial charge in [-0.05, 0) is 41.7 Å². The minimum absolute atomic E-state index is 0.0537. The van der Waals surface area contributed by atoms with Gasteiger partial charge in [0.2, 0.25) is 0 Å². The summed E-state index contributed by atoms with van der Waals surface area (Å²) in [5.74, 6) is 0.0537. The second-order valence-corrected chi connectivity index (χ2v) is 7.17. The molecule has 0 aliphatic carbocycles. The molecule has 0 radical (unpaired) electrons. The van der Waals surface area contributed by atoms with E-state index >= 15 is 0 Å². The molecule has 136 valence electrons. The number of ketones is 1. The molecule has 0 aliphatic rings. The lowest BCUT2D eigenvalue weighted by atomic mass is 9.94. The highest BCUT2D eigenvalue weighted by Gasteiger charge is 2.09. The molecule has 1 nitrogen and oxygen atoms in total. The Morgan fingerprint density at radius 3 is 1.79 bits per heavy atom. The lowest BCUT2D eigenvalue weighted by Crippen LogP contribution is -2.00. The normalized spacial score (nSPS) is 10.6. The molecule has 0 saturated heterocycles. The second-order valence-electron chi connectivity index (χ2n) is 7.17. The Morgan fingerprint density at radius 2 is 1.14 bits per heavy atom. The Morgan fingerprint density at radius 1 is 0.571 bits per heavy atom. The van der Waals surface area contributed by atoms with E-state index < -0.39 is 0 Å². The fourth-order valence-electron chi connectivity index (χ4n) is 3.47. The van der Waals surface area contributed by atoms with Gasteiger partial charge in [0.15, 0.2) is 5.78 Å². The van der Waals surface area contributed by atoms with Crippen LogP contribution in [-0.4, -0.2) is 5.78 Å². The van der Waals surface area contributed by atoms with E-state index in [0.29, 0.717) is 11.1 Å². The van der Waals surface area contributed by atoms with Crippen molar-refractivity contribution in [3.63, 3.8) is 0 Å². The number of benzene rings is 4. The van der Waals surface area contributed by atoms with Gasteiger partial charge in [-0.15, -0.1) is 0 Å². The molecule has 0 atom stereocenters. The number of hydrogen-bond acceptors (Lipinski definition) is 1. The minimum atomic E-state index is 0.0537. The number of carbonyl (C=O) groups excluding carboxylic acids is 1. The van der Waals surface area contributed by atoms with Crippen molar-refractivity contribution >= 4 is 5.78 Å². The molecular formula is C27H22O. The summed E-state index contributed by atoms with van der Waals surface area (Å²) in [5, 5.41) is 0. The summed E-state index contributed by atoms with van der Waals surface area (Å²) in [5.41, 5.74) is 8.69. The third kappa shape index (κ3) is 3.65. The van der Waals surface area contributed by atoms with E-state index in [1.807, 2.05) is 54.6 Å². The largest absolute Gasteiger partial charge is 0.289 e. The van der Waals surface area contributed by atoms with E-state index in [0.717, 1.165) is 11.1 Å². The highest BCUT2D eigenvalue weighted by Crippen LogP contribution is 2.29. The van der Waals surface area contributed by atoms with E-state index in [9.17, 15) is 4.79 Å². The van der Waals surface area contributed by atoms with Crippen molar-refractivity contribution in [2.75, 3.05) is 0 Å². The molecule has 0 aliphatic heterocycles. The topological polar surface area (TPSA) is 17.1 Å². The van der Waals surface area contributed by atoms with Crippen LogP contribution in [0.3, 0.4) is 0 Å². The minimum Gasteiger partial charge on any atom is -0.289 e. The maximum atomic E-state index is 12.6. The summed E-state index contributed by atoms with van der Waals surface area (Å²) >= 11 is 0. The van der Waals surface area contributed by atoms with Crippen molar-refractivity contribution in [1.82, 2.24) is 0 Å². The number of hydrogen-bond donors (Lipinski definition) is 0. The zero-order valence-corrected chi connectivity index (χ0v) is 16.1. The Balaban J connectivity index is 1.60. The molecule has 0 heterocycles. The molecule has 0 aromatic heterocycles. The number of rotatable bonds is 4. The van der Waals surface area contributed by atoms with Gasteiger partial charge in [-0.1, -0.05) is 103 Å². The lowest BCUT2D eigenvalue weighted by molar-refractivity contribution is 0.103. The van der Waals surface area contributed by atoms with Crippen molar-refractivity contribution in [2.45, 2.75) is 13.8 Å². The predicted octanol–water partition coefficient (Wildman–Crippen LogP) is 6.87. The third-order valence-electron chi connectivity index (χ3n) is 5.11. The molecule has 0 N–H and O–H groups in total. The SMILES string of the molecule is Cc1ccc(-c2ccc(-c3ccc(C(=O)c4ccccc4)cc3)cc2C)cc1. The maximum absolute atomic E-state index is 12.6. The molecule has 0 bridgehead atoms. The second kappa shape index (κ2) is 7.66. The van der Waals surface area contributed by atoms with E-state index in [1.165, 1.54) is 22.3 Å². The first-order valence-corrected chi connectivity index (χ1v) is 9.50. The van der Waals surface area contributed by atoms with Crippen LogP contribution in [0.25, 0.3) is 22.3 Å². The fourth-order valence-corrected chi connectivity index (χ4v) is 3.47. The van der Waals surface area contributed by atoms with Crippen LogP contribution in [0.1, 0.15) is 27.0 Å². The van der Waals surface area contributed by atoms with Crippen LogP contribution in [-0.2, 0) is 0 Å². The zero-order chi connectivity index (χ0) is 19.5. The number of carbonyl (C=O) groups is 1. The fraction of sp³-hybridized carbons (Fsp3) is 0.0741. The smallest absolute Gasteiger partial charge is 0.193 e. The summed E-state index contributed by atoms with van der Waals surface area (Å²) in [6, 6.07) is 32.4. The molecule has 0 amide bonds. The third-order valence-corrected chi connectivity index (χ3v) is 5.11. The van der Waals surface area contributed by atoms with Crippen LogP contribution < -0.4 is 0 Å². The van der Waals surface area contributed by atoms with Gasteiger partial charge >= 0.3 is 0 Å².